The Morgan fingerprint density at radius 3 is 2.47 bits per heavy atom. The van der Waals surface area contributed by atoms with Crippen molar-refractivity contribution in [2.24, 2.45) is 0 Å². The van der Waals surface area contributed by atoms with Gasteiger partial charge in [-0.05, 0) is 30.7 Å². The molecule has 0 aliphatic heterocycles. The molecule has 0 saturated carbocycles. The lowest BCUT2D eigenvalue weighted by Crippen LogP contribution is -2.05. The van der Waals surface area contributed by atoms with E-state index in [0.717, 1.165) is 5.56 Å². The molecule has 100 valence electrons. The van der Waals surface area contributed by atoms with E-state index in [2.05, 4.69) is 0 Å². The molecule has 0 radical (unpaired) electrons. The molecule has 1 atom stereocenters. The van der Waals surface area contributed by atoms with Gasteiger partial charge in [0, 0.05) is 16.1 Å². The van der Waals surface area contributed by atoms with Crippen molar-refractivity contribution in [3.8, 4) is 5.75 Å². The van der Waals surface area contributed by atoms with Gasteiger partial charge in [-0.2, -0.15) is 0 Å². The molecule has 0 amide bonds. The summed E-state index contributed by atoms with van der Waals surface area (Å²) in [4.78, 5) is 0. The van der Waals surface area contributed by atoms with Crippen LogP contribution in [0.5, 0.6) is 5.75 Å². The second kappa shape index (κ2) is 5.59. The standard InChI is InChI=1S/C15H14ClFO2/c1-9-3-5-12(14(7-9)19-2)15(18)11-6-4-10(16)8-13(11)17/h3-8,15,18H,1-2H3. The van der Waals surface area contributed by atoms with Crippen molar-refractivity contribution in [2.45, 2.75) is 13.0 Å². The van der Waals surface area contributed by atoms with Gasteiger partial charge >= 0.3 is 0 Å². The van der Waals surface area contributed by atoms with Crippen molar-refractivity contribution in [1.82, 2.24) is 0 Å². The lowest BCUT2D eigenvalue weighted by molar-refractivity contribution is 0.209. The molecule has 2 rings (SSSR count). The zero-order valence-corrected chi connectivity index (χ0v) is 11.4. The Hall–Kier alpha value is -1.58. The number of methoxy groups -OCH3 is 1. The predicted molar refractivity (Wildman–Crippen MR) is 73.2 cm³/mol. The van der Waals surface area contributed by atoms with Gasteiger partial charge in [0.25, 0.3) is 0 Å². The highest BCUT2D eigenvalue weighted by molar-refractivity contribution is 6.30. The Bertz CT molecular complexity index is 599. The van der Waals surface area contributed by atoms with E-state index in [0.29, 0.717) is 16.3 Å². The summed E-state index contributed by atoms with van der Waals surface area (Å²) in [6, 6.07) is 9.57. The monoisotopic (exact) mass is 280 g/mol. The first-order valence-corrected chi connectivity index (χ1v) is 6.18. The molecule has 19 heavy (non-hydrogen) atoms. The van der Waals surface area contributed by atoms with Crippen LogP contribution in [-0.4, -0.2) is 12.2 Å². The first-order chi connectivity index (χ1) is 9.02. The molecule has 2 aromatic rings. The SMILES string of the molecule is COc1cc(C)ccc1C(O)c1ccc(Cl)cc1F. The average molecular weight is 281 g/mol. The van der Waals surface area contributed by atoms with Crippen molar-refractivity contribution in [3.05, 3.63) is 63.9 Å². The van der Waals surface area contributed by atoms with E-state index in [4.69, 9.17) is 16.3 Å². The van der Waals surface area contributed by atoms with Gasteiger partial charge in [-0.1, -0.05) is 29.8 Å². The molecule has 0 bridgehead atoms. The van der Waals surface area contributed by atoms with Crippen molar-refractivity contribution in [3.63, 3.8) is 0 Å². The zero-order chi connectivity index (χ0) is 14.0. The van der Waals surface area contributed by atoms with Crippen molar-refractivity contribution in [2.75, 3.05) is 7.11 Å². The van der Waals surface area contributed by atoms with E-state index in [1.54, 1.807) is 18.2 Å². The second-order valence-electron chi connectivity index (χ2n) is 4.31. The van der Waals surface area contributed by atoms with E-state index >= 15 is 0 Å². The molecule has 0 fully saturated rings. The van der Waals surface area contributed by atoms with E-state index in [9.17, 15) is 9.50 Å². The summed E-state index contributed by atoms with van der Waals surface area (Å²) in [5, 5.41) is 10.6. The van der Waals surface area contributed by atoms with Crippen LogP contribution in [0.2, 0.25) is 5.02 Å². The summed E-state index contributed by atoms with van der Waals surface area (Å²) >= 11 is 5.70. The maximum Gasteiger partial charge on any atom is 0.130 e. The van der Waals surface area contributed by atoms with Gasteiger partial charge in [-0.15, -0.1) is 0 Å². The highest BCUT2D eigenvalue weighted by Crippen LogP contribution is 2.32. The van der Waals surface area contributed by atoms with Gasteiger partial charge in [0.15, 0.2) is 0 Å². The first-order valence-electron chi connectivity index (χ1n) is 5.80. The summed E-state index contributed by atoms with van der Waals surface area (Å²) in [5.41, 5.74) is 1.70. The normalized spacial score (nSPS) is 12.3. The van der Waals surface area contributed by atoms with Crippen LogP contribution in [0, 0.1) is 12.7 Å². The minimum absolute atomic E-state index is 0.173. The molecular formula is C15H14ClFO2. The Morgan fingerprint density at radius 2 is 1.84 bits per heavy atom. The molecule has 0 spiro atoms. The number of rotatable bonds is 3. The molecule has 0 aliphatic rings. The number of ether oxygens (including phenoxy) is 1. The average Bonchev–Trinajstić information content (AvgIpc) is 2.37. The fourth-order valence-electron chi connectivity index (χ4n) is 1.94. The molecule has 4 heteroatoms. The van der Waals surface area contributed by atoms with Crippen LogP contribution in [0.15, 0.2) is 36.4 Å². The molecule has 0 aromatic heterocycles. The fraction of sp³-hybridized carbons (Fsp3) is 0.200. The van der Waals surface area contributed by atoms with Gasteiger partial charge in [0.2, 0.25) is 0 Å². The first kappa shape index (κ1) is 13.8. The van der Waals surface area contributed by atoms with Crippen molar-refractivity contribution in [1.29, 1.82) is 0 Å². The lowest BCUT2D eigenvalue weighted by atomic mass is 9.99. The Balaban J connectivity index is 2.46. The van der Waals surface area contributed by atoms with Gasteiger partial charge < -0.3 is 9.84 Å². The fourth-order valence-corrected chi connectivity index (χ4v) is 2.09. The Kier molecular flexibility index (Phi) is 4.08. The van der Waals surface area contributed by atoms with Crippen LogP contribution in [0.1, 0.15) is 22.8 Å². The topological polar surface area (TPSA) is 29.5 Å². The third-order valence-corrected chi connectivity index (χ3v) is 3.18. The number of hydrogen-bond acceptors (Lipinski definition) is 2. The van der Waals surface area contributed by atoms with Gasteiger partial charge in [-0.25, -0.2) is 4.39 Å². The minimum Gasteiger partial charge on any atom is -0.496 e. The number of aliphatic hydroxyl groups excluding tert-OH is 1. The number of halogens is 2. The molecule has 1 unspecified atom stereocenters. The zero-order valence-electron chi connectivity index (χ0n) is 10.7. The lowest BCUT2D eigenvalue weighted by Gasteiger charge is -2.16. The van der Waals surface area contributed by atoms with E-state index < -0.39 is 11.9 Å². The van der Waals surface area contributed by atoms with Crippen molar-refractivity contribution >= 4 is 11.6 Å². The number of aliphatic hydroxyl groups is 1. The quantitative estimate of drug-likeness (QED) is 0.924. The minimum atomic E-state index is -1.09. The predicted octanol–water partition coefficient (Wildman–Crippen LogP) is 3.88. The van der Waals surface area contributed by atoms with Gasteiger partial charge in [0.1, 0.15) is 17.7 Å². The van der Waals surface area contributed by atoms with Crippen molar-refractivity contribution < 1.29 is 14.2 Å². The smallest absolute Gasteiger partial charge is 0.130 e. The van der Waals surface area contributed by atoms with E-state index in [1.807, 2.05) is 13.0 Å². The third-order valence-electron chi connectivity index (χ3n) is 2.94. The largest absolute Gasteiger partial charge is 0.496 e. The second-order valence-corrected chi connectivity index (χ2v) is 4.75. The number of benzene rings is 2. The van der Waals surface area contributed by atoms with Crippen LogP contribution >= 0.6 is 11.6 Å². The molecule has 1 N–H and O–H groups in total. The van der Waals surface area contributed by atoms with Crippen LogP contribution in [0.4, 0.5) is 4.39 Å². The summed E-state index contributed by atoms with van der Waals surface area (Å²) in [6.45, 7) is 1.92. The van der Waals surface area contributed by atoms with Gasteiger partial charge in [-0.3, -0.25) is 0 Å². The molecule has 0 aliphatic carbocycles. The van der Waals surface area contributed by atoms with Crippen LogP contribution in [-0.2, 0) is 0 Å². The van der Waals surface area contributed by atoms with Crippen LogP contribution in [0.25, 0.3) is 0 Å². The Labute approximate surface area is 116 Å². The van der Waals surface area contributed by atoms with E-state index in [1.165, 1.54) is 19.2 Å². The summed E-state index contributed by atoms with van der Waals surface area (Å²) in [7, 11) is 1.52. The molecule has 0 saturated heterocycles. The summed E-state index contributed by atoms with van der Waals surface area (Å²) in [5.74, 6) is -0.00974. The molecule has 2 aromatic carbocycles. The molecular weight excluding hydrogens is 267 g/mol. The Morgan fingerprint density at radius 1 is 1.16 bits per heavy atom. The summed E-state index contributed by atoms with van der Waals surface area (Å²) in [6.07, 6.45) is -1.09. The number of aryl methyl sites for hydroxylation is 1. The highest BCUT2D eigenvalue weighted by Gasteiger charge is 2.19. The van der Waals surface area contributed by atoms with Crippen LogP contribution in [0.3, 0.4) is 0 Å². The van der Waals surface area contributed by atoms with Crippen LogP contribution < -0.4 is 4.74 Å². The summed E-state index contributed by atoms with van der Waals surface area (Å²) < 4.78 is 19.0. The third kappa shape index (κ3) is 2.88. The van der Waals surface area contributed by atoms with E-state index in [-0.39, 0.29) is 5.56 Å². The highest BCUT2D eigenvalue weighted by atomic mass is 35.5. The number of hydrogen-bond donors (Lipinski definition) is 1. The molecule has 2 nitrogen and oxygen atoms in total. The maximum atomic E-state index is 13.8. The van der Waals surface area contributed by atoms with Gasteiger partial charge in [0.05, 0.1) is 7.11 Å². The maximum absolute atomic E-state index is 13.8. The molecule has 0 heterocycles.